The van der Waals surface area contributed by atoms with E-state index in [-0.39, 0.29) is 11.8 Å². The highest BCUT2D eigenvalue weighted by atomic mass is 32.1. The van der Waals surface area contributed by atoms with Gasteiger partial charge >= 0.3 is 0 Å². The molecule has 5 nitrogen and oxygen atoms in total. The van der Waals surface area contributed by atoms with E-state index in [1.54, 1.807) is 11.4 Å². The Morgan fingerprint density at radius 3 is 2.68 bits per heavy atom. The van der Waals surface area contributed by atoms with Gasteiger partial charge < -0.3 is 16.4 Å². The Morgan fingerprint density at radius 1 is 1.37 bits per heavy atom. The summed E-state index contributed by atoms with van der Waals surface area (Å²) >= 11 is 1.48. The van der Waals surface area contributed by atoms with Gasteiger partial charge in [-0.25, -0.2) is 0 Å². The molecule has 0 aliphatic heterocycles. The molecule has 4 N–H and O–H groups in total. The van der Waals surface area contributed by atoms with Crippen molar-refractivity contribution in [3.63, 3.8) is 0 Å². The van der Waals surface area contributed by atoms with Crippen LogP contribution in [0, 0.1) is 0 Å². The minimum absolute atomic E-state index is 0.0386. The van der Waals surface area contributed by atoms with E-state index in [9.17, 15) is 9.59 Å². The molecule has 0 spiro atoms. The van der Waals surface area contributed by atoms with Crippen molar-refractivity contribution in [2.24, 2.45) is 5.73 Å². The minimum atomic E-state index is -0.400. The molecular formula is C13H21N3O2S. The number of carbonyl (C=O) groups excluding carboxylic acids is 2. The molecule has 0 atom stereocenters. The molecule has 1 aromatic rings. The topological polar surface area (TPSA) is 84.2 Å². The number of rotatable bonds is 7. The van der Waals surface area contributed by atoms with Crippen molar-refractivity contribution in [2.45, 2.75) is 32.2 Å². The molecule has 0 aliphatic rings. The summed E-state index contributed by atoms with van der Waals surface area (Å²) in [5, 5.41) is 9.19. The first-order valence-electron chi connectivity index (χ1n) is 6.24. The smallest absolute Gasteiger partial charge is 0.252 e. The first-order chi connectivity index (χ1) is 8.88. The van der Waals surface area contributed by atoms with Gasteiger partial charge in [0.2, 0.25) is 5.91 Å². The van der Waals surface area contributed by atoms with Gasteiger partial charge in [0.25, 0.3) is 5.91 Å². The van der Waals surface area contributed by atoms with Crippen molar-refractivity contribution in [1.82, 2.24) is 10.6 Å². The summed E-state index contributed by atoms with van der Waals surface area (Å²) in [6.07, 6.45) is 1.01. The standard InChI is InChI=1S/C13H21N3O2S/c1-13(2,14)9-16-11(17)4-3-6-15-12(18)10-5-7-19-8-10/h5,7-8H,3-4,6,9,14H2,1-2H3,(H,15,18)(H,16,17). The van der Waals surface area contributed by atoms with Crippen molar-refractivity contribution in [3.8, 4) is 0 Å². The average molecular weight is 283 g/mol. The van der Waals surface area contributed by atoms with E-state index in [2.05, 4.69) is 10.6 Å². The Balaban J connectivity index is 2.11. The number of hydrogen-bond acceptors (Lipinski definition) is 4. The lowest BCUT2D eigenvalue weighted by atomic mass is 10.1. The van der Waals surface area contributed by atoms with Crippen molar-refractivity contribution < 1.29 is 9.59 Å². The highest BCUT2D eigenvalue weighted by Gasteiger charge is 2.12. The number of thiophene rings is 1. The molecule has 6 heteroatoms. The van der Waals surface area contributed by atoms with Crippen LogP contribution in [0.15, 0.2) is 16.8 Å². The van der Waals surface area contributed by atoms with Crippen molar-refractivity contribution in [3.05, 3.63) is 22.4 Å². The summed E-state index contributed by atoms with van der Waals surface area (Å²) in [6.45, 7) is 4.66. The molecule has 0 saturated heterocycles. The third-order valence-electron chi connectivity index (χ3n) is 2.39. The van der Waals surface area contributed by atoms with Gasteiger partial charge in [-0.1, -0.05) is 0 Å². The zero-order valence-corrected chi connectivity index (χ0v) is 12.2. The lowest BCUT2D eigenvalue weighted by molar-refractivity contribution is -0.121. The van der Waals surface area contributed by atoms with E-state index < -0.39 is 5.54 Å². The van der Waals surface area contributed by atoms with Crippen LogP contribution >= 0.6 is 11.3 Å². The first-order valence-corrected chi connectivity index (χ1v) is 7.19. The van der Waals surface area contributed by atoms with Crippen LogP contribution in [0.3, 0.4) is 0 Å². The van der Waals surface area contributed by atoms with E-state index >= 15 is 0 Å². The minimum Gasteiger partial charge on any atom is -0.354 e. The molecular weight excluding hydrogens is 262 g/mol. The highest BCUT2D eigenvalue weighted by Crippen LogP contribution is 2.05. The van der Waals surface area contributed by atoms with Gasteiger partial charge in [0, 0.05) is 36.0 Å². The van der Waals surface area contributed by atoms with Crippen LogP contribution in [0.2, 0.25) is 0 Å². The second kappa shape index (κ2) is 7.25. The van der Waals surface area contributed by atoms with E-state index in [0.717, 1.165) is 0 Å². The van der Waals surface area contributed by atoms with Crippen LogP contribution in [0.25, 0.3) is 0 Å². The van der Waals surface area contributed by atoms with Gasteiger partial charge in [0.05, 0.1) is 0 Å². The summed E-state index contributed by atoms with van der Waals surface area (Å²) in [7, 11) is 0. The van der Waals surface area contributed by atoms with E-state index in [4.69, 9.17) is 5.73 Å². The third kappa shape index (κ3) is 6.93. The van der Waals surface area contributed by atoms with Crippen molar-refractivity contribution in [2.75, 3.05) is 13.1 Å². The fourth-order valence-electron chi connectivity index (χ4n) is 1.36. The zero-order chi connectivity index (χ0) is 14.3. The van der Waals surface area contributed by atoms with Gasteiger partial charge in [-0.05, 0) is 31.7 Å². The quantitative estimate of drug-likeness (QED) is 0.655. The lowest BCUT2D eigenvalue weighted by Crippen LogP contribution is -2.45. The highest BCUT2D eigenvalue weighted by molar-refractivity contribution is 7.08. The first kappa shape index (κ1) is 15.7. The molecule has 1 aromatic heterocycles. The Bertz CT molecular complexity index is 410. The van der Waals surface area contributed by atoms with Gasteiger partial charge in [-0.2, -0.15) is 11.3 Å². The van der Waals surface area contributed by atoms with Crippen LogP contribution in [-0.2, 0) is 4.79 Å². The molecule has 2 amide bonds. The van der Waals surface area contributed by atoms with E-state index in [0.29, 0.717) is 31.5 Å². The Morgan fingerprint density at radius 2 is 2.11 bits per heavy atom. The molecule has 0 fully saturated rings. The van der Waals surface area contributed by atoms with Gasteiger partial charge in [0.1, 0.15) is 0 Å². The molecule has 0 saturated carbocycles. The fourth-order valence-corrected chi connectivity index (χ4v) is 2.00. The maximum atomic E-state index is 11.6. The largest absolute Gasteiger partial charge is 0.354 e. The van der Waals surface area contributed by atoms with Gasteiger partial charge in [0.15, 0.2) is 0 Å². The number of nitrogens with one attached hydrogen (secondary N) is 2. The molecule has 19 heavy (non-hydrogen) atoms. The fraction of sp³-hybridized carbons (Fsp3) is 0.538. The number of hydrogen-bond donors (Lipinski definition) is 3. The van der Waals surface area contributed by atoms with E-state index in [1.165, 1.54) is 11.3 Å². The Hall–Kier alpha value is -1.40. The molecule has 0 aliphatic carbocycles. The Labute approximate surface area is 117 Å². The van der Waals surface area contributed by atoms with Crippen LogP contribution in [0.5, 0.6) is 0 Å². The summed E-state index contributed by atoms with van der Waals surface area (Å²) in [5.41, 5.74) is 6.03. The maximum Gasteiger partial charge on any atom is 0.252 e. The third-order valence-corrected chi connectivity index (χ3v) is 3.07. The summed E-state index contributed by atoms with van der Waals surface area (Å²) in [4.78, 5) is 23.1. The predicted octanol–water partition coefficient (Wildman–Crippen LogP) is 1.11. The number of amides is 2. The van der Waals surface area contributed by atoms with Crippen LogP contribution < -0.4 is 16.4 Å². The zero-order valence-electron chi connectivity index (χ0n) is 11.4. The summed E-state index contributed by atoms with van der Waals surface area (Å²) in [6, 6.07) is 1.77. The van der Waals surface area contributed by atoms with Gasteiger partial charge in [-0.15, -0.1) is 0 Å². The Kier molecular flexibility index (Phi) is 5.98. The average Bonchev–Trinajstić information content (AvgIpc) is 2.84. The summed E-state index contributed by atoms with van der Waals surface area (Å²) in [5.74, 6) is -0.131. The summed E-state index contributed by atoms with van der Waals surface area (Å²) < 4.78 is 0. The van der Waals surface area contributed by atoms with Crippen LogP contribution in [0.1, 0.15) is 37.0 Å². The van der Waals surface area contributed by atoms with Gasteiger partial charge in [-0.3, -0.25) is 9.59 Å². The van der Waals surface area contributed by atoms with E-state index in [1.807, 2.05) is 19.2 Å². The molecule has 0 bridgehead atoms. The molecule has 1 rings (SSSR count). The van der Waals surface area contributed by atoms with Crippen molar-refractivity contribution >= 4 is 23.2 Å². The maximum absolute atomic E-state index is 11.6. The monoisotopic (exact) mass is 283 g/mol. The SMILES string of the molecule is CC(C)(N)CNC(=O)CCCNC(=O)c1ccsc1. The molecule has 0 radical (unpaired) electrons. The van der Waals surface area contributed by atoms with Crippen LogP contribution in [-0.4, -0.2) is 30.4 Å². The molecule has 0 aromatic carbocycles. The normalized spacial score (nSPS) is 11.1. The molecule has 1 heterocycles. The number of nitrogens with two attached hydrogens (primary N) is 1. The molecule has 106 valence electrons. The number of carbonyl (C=O) groups is 2. The van der Waals surface area contributed by atoms with Crippen molar-refractivity contribution in [1.29, 1.82) is 0 Å². The van der Waals surface area contributed by atoms with Crippen LogP contribution in [0.4, 0.5) is 0 Å². The molecule has 0 unspecified atom stereocenters. The predicted molar refractivity (Wildman–Crippen MR) is 77.2 cm³/mol. The lowest BCUT2D eigenvalue weighted by Gasteiger charge is -2.18. The second-order valence-corrected chi connectivity index (χ2v) is 5.92. The second-order valence-electron chi connectivity index (χ2n) is 5.14.